The molecule has 0 aliphatic rings. The minimum absolute atomic E-state index is 0. The molecule has 0 amide bonds. The Labute approximate surface area is 250 Å². The Balaban J connectivity index is 0.00000684. The molecular weight excluding hydrogens is 487 g/mol. The molecule has 2 aromatic carbocycles. The number of hydrogen-bond acceptors (Lipinski definition) is 3. The molecule has 0 heterocycles. The van der Waals surface area contributed by atoms with E-state index >= 15 is 0 Å². The van der Waals surface area contributed by atoms with Gasteiger partial charge in [-0.15, -0.1) is 0 Å². The number of benzene rings is 2. The summed E-state index contributed by atoms with van der Waals surface area (Å²) >= 11 is 0. The fourth-order valence-corrected chi connectivity index (χ4v) is 6.40. The Bertz CT molecular complexity index is 971. The van der Waals surface area contributed by atoms with E-state index in [1.165, 1.54) is 89.9 Å². The van der Waals surface area contributed by atoms with Gasteiger partial charge in [-0.05, 0) is 42.2 Å². The molecule has 2 rings (SSSR count). The summed E-state index contributed by atoms with van der Waals surface area (Å²) in [5, 5.41) is 1.55. The van der Waals surface area contributed by atoms with Crippen molar-refractivity contribution in [1.29, 1.82) is 0 Å². The van der Waals surface area contributed by atoms with Gasteiger partial charge in [0.25, 0.3) is 0 Å². The van der Waals surface area contributed by atoms with Crippen molar-refractivity contribution in [2.75, 3.05) is 0 Å². The molecule has 0 unspecified atom stereocenters. The van der Waals surface area contributed by atoms with E-state index in [2.05, 4.69) is 13.8 Å². The molecule has 0 bridgehead atoms. The van der Waals surface area contributed by atoms with Gasteiger partial charge in [-0.25, -0.2) is 8.42 Å². The van der Waals surface area contributed by atoms with Crippen molar-refractivity contribution in [3.8, 4) is 0 Å². The van der Waals surface area contributed by atoms with Crippen LogP contribution in [0, 0.1) is 0 Å². The summed E-state index contributed by atoms with van der Waals surface area (Å²) in [4.78, 5) is 0.0473. The van der Waals surface area contributed by atoms with Gasteiger partial charge in [0, 0.05) is 5.39 Å². The van der Waals surface area contributed by atoms with Crippen LogP contribution in [-0.4, -0.2) is 13.0 Å². The summed E-state index contributed by atoms with van der Waals surface area (Å²) in [5.74, 6) is 0. The van der Waals surface area contributed by atoms with Crippen LogP contribution in [0.25, 0.3) is 10.8 Å². The maximum atomic E-state index is 12.4. The fourth-order valence-electron chi connectivity index (χ4n) is 5.41. The minimum Gasteiger partial charge on any atom is -0.744 e. The number of fused-ring (bicyclic) bond motifs is 1. The van der Waals surface area contributed by atoms with Gasteiger partial charge < -0.3 is 4.55 Å². The van der Waals surface area contributed by atoms with E-state index in [-0.39, 0.29) is 34.5 Å². The Hall–Kier alpha value is -0.390. The van der Waals surface area contributed by atoms with Crippen molar-refractivity contribution in [1.82, 2.24) is 0 Å². The van der Waals surface area contributed by atoms with E-state index in [4.69, 9.17) is 0 Å². The third-order valence-electron chi connectivity index (χ3n) is 7.52. The molecule has 0 saturated heterocycles. The molecule has 0 N–H and O–H groups in total. The molecule has 0 fully saturated rings. The molecule has 0 saturated carbocycles. The molecule has 0 aromatic heterocycles. The molecule has 0 atom stereocenters. The Morgan fingerprint density at radius 2 is 1.00 bits per heavy atom. The van der Waals surface area contributed by atoms with E-state index in [1.54, 1.807) is 0 Å². The SMILES string of the molecule is CCCCCCCCCCCc1ccc2cccc(CCCCCCCCCCC)c2c1S(=O)(=O)[O-].[Na+]. The van der Waals surface area contributed by atoms with Gasteiger partial charge in [-0.1, -0.05) is 147 Å². The van der Waals surface area contributed by atoms with Crippen LogP contribution in [0.5, 0.6) is 0 Å². The molecule has 0 aliphatic heterocycles. The van der Waals surface area contributed by atoms with Crippen molar-refractivity contribution in [2.45, 2.75) is 147 Å². The summed E-state index contributed by atoms with van der Waals surface area (Å²) in [5.41, 5.74) is 1.72. The average molecular weight is 539 g/mol. The number of aryl methyl sites for hydroxylation is 2. The minimum atomic E-state index is -4.54. The van der Waals surface area contributed by atoms with Crippen molar-refractivity contribution in [3.63, 3.8) is 0 Å². The summed E-state index contributed by atoms with van der Waals surface area (Å²) in [6.07, 6.45) is 23.8. The van der Waals surface area contributed by atoms with Crippen LogP contribution in [0.15, 0.2) is 35.2 Å². The van der Waals surface area contributed by atoms with Crippen LogP contribution < -0.4 is 29.6 Å². The number of hydrogen-bond donors (Lipinski definition) is 0. The van der Waals surface area contributed by atoms with E-state index in [0.717, 1.165) is 43.1 Å². The van der Waals surface area contributed by atoms with Gasteiger partial charge in [-0.3, -0.25) is 0 Å². The molecule has 37 heavy (non-hydrogen) atoms. The van der Waals surface area contributed by atoms with Gasteiger partial charge in [0.15, 0.2) is 0 Å². The maximum absolute atomic E-state index is 12.4. The van der Waals surface area contributed by atoms with Crippen LogP contribution in [0.3, 0.4) is 0 Å². The maximum Gasteiger partial charge on any atom is 1.00 e. The van der Waals surface area contributed by atoms with E-state index in [9.17, 15) is 13.0 Å². The quantitative estimate of drug-likeness (QED) is 0.0987. The number of rotatable bonds is 21. The van der Waals surface area contributed by atoms with E-state index in [1.807, 2.05) is 30.3 Å². The normalized spacial score (nSPS) is 11.6. The predicted molar refractivity (Wildman–Crippen MR) is 154 cm³/mol. The van der Waals surface area contributed by atoms with Crippen LogP contribution >= 0.6 is 0 Å². The van der Waals surface area contributed by atoms with Gasteiger partial charge in [0.2, 0.25) is 0 Å². The molecule has 204 valence electrons. The monoisotopic (exact) mass is 538 g/mol. The van der Waals surface area contributed by atoms with Crippen molar-refractivity contribution in [2.24, 2.45) is 0 Å². The van der Waals surface area contributed by atoms with Crippen molar-refractivity contribution in [3.05, 3.63) is 41.5 Å². The Morgan fingerprint density at radius 3 is 1.46 bits per heavy atom. The smallest absolute Gasteiger partial charge is 0.744 e. The topological polar surface area (TPSA) is 57.2 Å². The van der Waals surface area contributed by atoms with Gasteiger partial charge in [0.05, 0.1) is 4.90 Å². The molecule has 3 nitrogen and oxygen atoms in total. The molecule has 0 radical (unpaired) electrons. The zero-order valence-electron chi connectivity index (χ0n) is 24.2. The standard InChI is InChI=1S/C32H52O3S.Na/c1-3-5-7-9-11-13-15-17-19-22-28-24-21-25-29-26-27-30(32(31(28)29)36(33,34)35)23-20-18-16-14-12-10-8-6-4-2;/h21,24-27H,3-20,22-23H2,1-2H3,(H,33,34,35);/q;+1/p-1. The fraction of sp³-hybridized carbons (Fsp3) is 0.688. The van der Waals surface area contributed by atoms with Crippen molar-refractivity contribution < 1.29 is 42.5 Å². The van der Waals surface area contributed by atoms with Gasteiger partial charge >= 0.3 is 29.6 Å². The zero-order valence-corrected chi connectivity index (χ0v) is 27.0. The summed E-state index contributed by atoms with van der Waals surface area (Å²) in [7, 11) is -4.54. The third kappa shape index (κ3) is 13.5. The average Bonchev–Trinajstić information content (AvgIpc) is 2.86. The number of unbranched alkanes of at least 4 members (excludes halogenated alkanes) is 16. The first-order chi connectivity index (χ1) is 17.5. The summed E-state index contributed by atoms with van der Waals surface area (Å²) in [6, 6.07) is 9.83. The van der Waals surface area contributed by atoms with Crippen molar-refractivity contribution >= 4 is 20.9 Å². The Morgan fingerprint density at radius 1 is 0.568 bits per heavy atom. The third-order valence-corrected chi connectivity index (χ3v) is 8.48. The zero-order chi connectivity index (χ0) is 26.1. The summed E-state index contributed by atoms with van der Waals surface area (Å²) < 4.78 is 37.3. The largest absolute Gasteiger partial charge is 1.00 e. The molecular formula is C32H51NaO3S. The first-order valence-corrected chi connectivity index (χ1v) is 16.4. The molecule has 5 heteroatoms. The van der Waals surface area contributed by atoms with Crippen LogP contribution in [-0.2, 0) is 23.0 Å². The first-order valence-electron chi connectivity index (χ1n) is 15.0. The van der Waals surface area contributed by atoms with Gasteiger partial charge in [-0.2, -0.15) is 0 Å². The second kappa shape index (κ2) is 20.5. The molecule has 2 aromatic rings. The van der Waals surface area contributed by atoms with Crippen LogP contribution in [0.4, 0.5) is 0 Å². The van der Waals surface area contributed by atoms with Crippen LogP contribution in [0.1, 0.15) is 141 Å². The second-order valence-corrected chi connectivity index (χ2v) is 12.0. The predicted octanol–water partition coefficient (Wildman–Crippen LogP) is 6.89. The summed E-state index contributed by atoms with van der Waals surface area (Å²) in [6.45, 7) is 4.49. The molecule has 0 spiro atoms. The molecule has 0 aliphatic carbocycles. The first kappa shape index (κ1) is 34.6. The Kier molecular flexibility index (Phi) is 19.2. The van der Waals surface area contributed by atoms with E-state index in [0.29, 0.717) is 17.4 Å². The van der Waals surface area contributed by atoms with Gasteiger partial charge in [0.1, 0.15) is 10.1 Å². The van der Waals surface area contributed by atoms with Crippen LogP contribution in [0.2, 0.25) is 0 Å². The van der Waals surface area contributed by atoms with E-state index < -0.39 is 10.1 Å². The second-order valence-electron chi connectivity index (χ2n) is 10.7.